The zero-order chi connectivity index (χ0) is 14.2. The maximum Gasteiger partial charge on any atom is 0.101 e. The van der Waals surface area contributed by atoms with Crippen LogP contribution in [0.25, 0.3) is 10.9 Å². The largest absolute Gasteiger partial charge is 0.384 e. The van der Waals surface area contributed by atoms with Gasteiger partial charge in [0.25, 0.3) is 0 Å². The van der Waals surface area contributed by atoms with Crippen LogP contribution >= 0.6 is 0 Å². The third-order valence-corrected chi connectivity index (χ3v) is 4.22. The quantitative estimate of drug-likeness (QED) is 0.885. The monoisotopic (exact) mass is 273 g/mol. The molecule has 0 bridgehead atoms. The molecule has 0 amide bonds. The molecule has 2 N–H and O–H groups in total. The Morgan fingerprint density at radius 2 is 1.95 bits per heavy atom. The maximum absolute atomic E-state index is 11.0. The first-order chi connectivity index (χ1) is 9.58. The highest BCUT2D eigenvalue weighted by Gasteiger charge is 2.29. The summed E-state index contributed by atoms with van der Waals surface area (Å²) < 4.78 is 2.09. The van der Waals surface area contributed by atoms with Crippen molar-refractivity contribution in [1.82, 2.24) is 14.8 Å². The smallest absolute Gasteiger partial charge is 0.101 e. The molecule has 4 heteroatoms. The fourth-order valence-corrected chi connectivity index (χ4v) is 3.16. The van der Waals surface area contributed by atoms with Gasteiger partial charge >= 0.3 is 0 Å². The van der Waals surface area contributed by atoms with Gasteiger partial charge in [0.05, 0.1) is 0 Å². The van der Waals surface area contributed by atoms with Gasteiger partial charge in [-0.3, -0.25) is 4.90 Å². The van der Waals surface area contributed by atoms with Crippen molar-refractivity contribution in [1.29, 1.82) is 0 Å². The lowest BCUT2D eigenvalue weighted by Crippen LogP contribution is -2.48. The molecule has 20 heavy (non-hydrogen) atoms. The van der Waals surface area contributed by atoms with E-state index in [0.717, 1.165) is 37.1 Å². The van der Waals surface area contributed by atoms with Crippen LogP contribution in [0.3, 0.4) is 0 Å². The summed E-state index contributed by atoms with van der Waals surface area (Å²) in [6.45, 7) is 6.62. The van der Waals surface area contributed by atoms with Crippen LogP contribution in [-0.4, -0.2) is 47.3 Å². The van der Waals surface area contributed by atoms with Crippen LogP contribution in [0, 0.1) is 0 Å². The Morgan fingerprint density at radius 1 is 1.25 bits per heavy atom. The molecule has 0 spiro atoms. The van der Waals surface area contributed by atoms with Gasteiger partial charge in [-0.2, -0.15) is 0 Å². The number of hydrogen-bond donors (Lipinski definition) is 2. The maximum atomic E-state index is 11.0. The zero-order valence-corrected chi connectivity index (χ0v) is 12.3. The van der Waals surface area contributed by atoms with Crippen molar-refractivity contribution in [3.05, 3.63) is 36.0 Å². The minimum Gasteiger partial charge on any atom is -0.384 e. The van der Waals surface area contributed by atoms with Gasteiger partial charge in [0.2, 0.25) is 0 Å². The van der Waals surface area contributed by atoms with Crippen molar-refractivity contribution >= 4 is 10.9 Å². The molecule has 1 saturated heterocycles. The number of para-hydroxylation sites is 1. The third-order valence-electron chi connectivity index (χ3n) is 4.22. The van der Waals surface area contributed by atoms with Crippen molar-refractivity contribution in [3.8, 4) is 0 Å². The van der Waals surface area contributed by atoms with Crippen LogP contribution in [0.5, 0.6) is 0 Å². The van der Waals surface area contributed by atoms with Gasteiger partial charge in [0.15, 0.2) is 0 Å². The number of nitrogens with zero attached hydrogens (tertiary/aromatic N) is 2. The molecule has 1 atom stereocenters. The van der Waals surface area contributed by atoms with Crippen molar-refractivity contribution in [2.45, 2.75) is 12.5 Å². The highest BCUT2D eigenvalue weighted by atomic mass is 16.3. The van der Waals surface area contributed by atoms with Crippen LogP contribution in [0.2, 0.25) is 0 Å². The molecule has 0 saturated carbocycles. The van der Waals surface area contributed by atoms with Crippen molar-refractivity contribution < 1.29 is 5.11 Å². The first-order valence-electron chi connectivity index (χ1n) is 7.28. The highest BCUT2D eigenvalue weighted by Crippen LogP contribution is 2.30. The SMILES string of the molecule is Cn1cc(C(C)(O)CN2CCNCC2)c2ccccc21. The molecular formula is C16H23N3O. The second-order valence-corrected chi connectivity index (χ2v) is 5.97. The summed E-state index contributed by atoms with van der Waals surface area (Å²) in [7, 11) is 2.03. The minimum absolute atomic E-state index is 0.683. The topological polar surface area (TPSA) is 40.4 Å². The molecule has 1 aromatic carbocycles. The van der Waals surface area contributed by atoms with E-state index in [1.807, 2.05) is 26.1 Å². The number of β-amino-alcohol motifs (C(OH)–C–C–N with tert-alkyl or cyclic N) is 1. The Hall–Kier alpha value is -1.36. The number of aliphatic hydroxyl groups is 1. The van der Waals surface area contributed by atoms with Gasteiger partial charge in [-0.15, -0.1) is 0 Å². The average Bonchev–Trinajstić information content (AvgIpc) is 2.78. The van der Waals surface area contributed by atoms with Gasteiger partial charge in [-0.1, -0.05) is 18.2 Å². The molecule has 1 fully saturated rings. The molecule has 108 valence electrons. The predicted octanol–water partition coefficient (Wildman–Crippen LogP) is 1.29. The van der Waals surface area contributed by atoms with Crippen molar-refractivity contribution in [2.24, 2.45) is 7.05 Å². The number of aryl methyl sites for hydroxylation is 1. The number of benzene rings is 1. The molecule has 2 aromatic rings. The van der Waals surface area contributed by atoms with E-state index in [0.29, 0.717) is 6.54 Å². The fraction of sp³-hybridized carbons (Fsp3) is 0.500. The van der Waals surface area contributed by atoms with Crippen molar-refractivity contribution in [3.63, 3.8) is 0 Å². The van der Waals surface area contributed by atoms with E-state index in [2.05, 4.69) is 33.1 Å². The van der Waals surface area contributed by atoms with Gasteiger partial charge < -0.3 is 15.0 Å². The Labute approximate surface area is 120 Å². The van der Waals surface area contributed by atoms with Crippen LogP contribution in [0.1, 0.15) is 12.5 Å². The zero-order valence-electron chi connectivity index (χ0n) is 12.3. The molecule has 0 radical (unpaired) electrons. The number of hydrogen-bond acceptors (Lipinski definition) is 3. The lowest BCUT2D eigenvalue weighted by Gasteiger charge is -2.34. The van der Waals surface area contributed by atoms with Gasteiger partial charge in [0, 0.05) is 62.4 Å². The summed E-state index contributed by atoms with van der Waals surface area (Å²) in [6, 6.07) is 8.26. The van der Waals surface area contributed by atoms with Crippen molar-refractivity contribution in [2.75, 3.05) is 32.7 Å². The third kappa shape index (κ3) is 2.46. The standard InChI is InChI=1S/C16H23N3O/c1-16(20,12-19-9-7-17-8-10-19)14-11-18(2)15-6-4-3-5-13(14)15/h3-6,11,17,20H,7-10,12H2,1-2H3. The molecule has 2 heterocycles. The Morgan fingerprint density at radius 3 is 2.70 bits per heavy atom. The highest BCUT2D eigenvalue weighted by molar-refractivity contribution is 5.84. The first kappa shape index (κ1) is 13.6. The number of piperazine rings is 1. The Bertz CT molecular complexity index is 597. The predicted molar refractivity (Wildman–Crippen MR) is 81.8 cm³/mol. The molecule has 1 unspecified atom stereocenters. The van der Waals surface area contributed by atoms with Crippen LogP contribution in [0.4, 0.5) is 0 Å². The molecule has 1 aliphatic rings. The van der Waals surface area contributed by atoms with Gasteiger partial charge in [-0.25, -0.2) is 0 Å². The second kappa shape index (κ2) is 5.20. The van der Waals surface area contributed by atoms with Crippen LogP contribution in [-0.2, 0) is 12.6 Å². The summed E-state index contributed by atoms with van der Waals surface area (Å²) >= 11 is 0. The minimum atomic E-state index is -0.821. The van der Waals surface area contributed by atoms with E-state index < -0.39 is 5.60 Å². The second-order valence-electron chi connectivity index (χ2n) is 5.97. The number of fused-ring (bicyclic) bond motifs is 1. The number of aromatic nitrogens is 1. The average molecular weight is 273 g/mol. The molecule has 4 nitrogen and oxygen atoms in total. The molecule has 1 aromatic heterocycles. The summed E-state index contributed by atoms with van der Waals surface area (Å²) in [6.07, 6.45) is 2.06. The van der Waals surface area contributed by atoms with Crippen LogP contribution < -0.4 is 5.32 Å². The van der Waals surface area contributed by atoms with E-state index in [4.69, 9.17) is 0 Å². The van der Waals surface area contributed by atoms with E-state index in [1.54, 1.807) is 0 Å². The van der Waals surface area contributed by atoms with Gasteiger partial charge in [0.1, 0.15) is 5.60 Å². The Balaban J connectivity index is 1.92. The summed E-state index contributed by atoms with van der Waals surface area (Å²) in [5, 5.41) is 15.5. The fourth-order valence-electron chi connectivity index (χ4n) is 3.16. The van der Waals surface area contributed by atoms with E-state index in [1.165, 1.54) is 5.52 Å². The lowest BCUT2D eigenvalue weighted by molar-refractivity contribution is 0.0137. The summed E-state index contributed by atoms with van der Waals surface area (Å²) in [5.74, 6) is 0. The summed E-state index contributed by atoms with van der Waals surface area (Å²) in [4.78, 5) is 2.33. The molecule has 3 rings (SSSR count). The molecular weight excluding hydrogens is 250 g/mol. The molecule has 0 aliphatic carbocycles. The normalized spacial score (nSPS) is 20.1. The van der Waals surface area contributed by atoms with E-state index in [-0.39, 0.29) is 0 Å². The van der Waals surface area contributed by atoms with Crippen LogP contribution in [0.15, 0.2) is 30.5 Å². The number of nitrogens with one attached hydrogen (secondary N) is 1. The Kier molecular flexibility index (Phi) is 3.54. The summed E-state index contributed by atoms with van der Waals surface area (Å²) in [5.41, 5.74) is 1.37. The first-order valence-corrected chi connectivity index (χ1v) is 7.28. The van der Waals surface area contributed by atoms with E-state index >= 15 is 0 Å². The van der Waals surface area contributed by atoms with Gasteiger partial charge in [-0.05, 0) is 13.0 Å². The molecule has 1 aliphatic heterocycles. The number of rotatable bonds is 3. The lowest BCUT2D eigenvalue weighted by atomic mass is 9.94. The van der Waals surface area contributed by atoms with E-state index in [9.17, 15) is 5.11 Å².